The molecular weight excluding hydrogens is 888 g/mol. The van der Waals surface area contributed by atoms with Gasteiger partial charge in [0.25, 0.3) is 0 Å². The number of nitrogen functional groups attached to an aromatic ring is 3. The average molecular weight is 946 g/mol. The molecule has 3 fully saturated rings. The predicted octanol–water partition coefficient (Wildman–Crippen LogP) is 5.38. The molecule has 3 aromatic rings. The number of piperidine rings is 3. The Morgan fingerprint density at radius 2 is 1.02 bits per heavy atom. The van der Waals surface area contributed by atoms with Gasteiger partial charge in [-0.25, -0.2) is 37.7 Å². The van der Waals surface area contributed by atoms with Gasteiger partial charge < -0.3 is 56.4 Å². The van der Waals surface area contributed by atoms with Crippen molar-refractivity contribution in [2.75, 3.05) is 56.5 Å². The number of hydrogen-bond donors (Lipinski definition) is 5. The number of carbonyl (C=O) groups excluding carboxylic acids is 2. The molecule has 8 N–H and O–H groups in total. The fourth-order valence-corrected chi connectivity index (χ4v) is 5.41. The van der Waals surface area contributed by atoms with Gasteiger partial charge >= 0.3 is 24.2 Å². The number of nitrogens with zero attached hydrogens (tertiary/aromatic N) is 8. The number of aromatic nitrogens is 6. The van der Waals surface area contributed by atoms with Crippen LogP contribution >= 0.6 is 36.4 Å². The SMILES string of the molecule is CC(C)(C)OC(=O)N1CCC(O)CC1.CC(C)(C)OC(=O)N1CCC(Oc2ncc(F)c(N)n2)CC1.Cl.Cl.Nc1nc(Cl)ncc1F.Nc1nc(OC2CCNCC2)ncc1F. The van der Waals surface area contributed by atoms with Gasteiger partial charge in [-0.3, -0.25) is 0 Å². The number of nitrogens with two attached hydrogens (primary N) is 3. The zero-order chi connectivity index (χ0) is 44.6. The molecule has 2 amide bonds. The first-order valence-electron chi connectivity index (χ1n) is 19.3. The van der Waals surface area contributed by atoms with E-state index in [-0.39, 0.29) is 90.1 Å². The fourth-order valence-electron chi connectivity index (χ4n) is 5.27. The number of amides is 2. The minimum Gasteiger partial charge on any atom is -0.460 e. The summed E-state index contributed by atoms with van der Waals surface area (Å²) in [5.74, 6) is -2.58. The van der Waals surface area contributed by atoms with Crippen LogP contribution < -0.4 is 32.0 Å². The molecule has 0 bridgehead atoms. The summed E-state index contributed by atoms with van der Waals surface area (Å²) >= 11 is 5.25. The summed E-state index contributed by atoms with van der Waals surface area (Å²) in [6.45, 7) is 15.1. The second kappa shape index (κ2) is 26.1. The van der Waals surface area contributed by atoms with E-state index in [4.69, 9.17) is 47.7 Å². The number of anilines is 3. The van der Waals surface area contributed by atoms with E-state index in [1.807, 2.05) is 41.5 Å². The van der Waals surface area contributed by atoms with Crippen molar-refractivity contribution in [1.82, 2.24) is 45.0 Å². The van der Waals surface area contributed by atoms with E-state index in [2.05, 4.69) is 35.2 Å². The van der Waals surface area contributed by atoms with E-state index >= 15 is 0 Å². The lowest BCUT2D eigenvalue weighted by Crippen LogP contribution is -2.44. The first-order valence-corrected chi connectivity index (χ1v) is 19.6. The Morgan fingerprint density at radius 3 is 1.37 bits per heavy atom. The summed E-state index contributed by atoms with van der Waals surface area (Å²) < 4.78 is 59.5. The number of carbonyl (C=O) groups is 2. The number of aliphatic hydroxyl groups is 1. The van der Waals surface area contributed by atoms with Crippen molar-refractivity contribution in [3.05, 3.63) is 41.3 Å². The van der Waals surface area contributed by atoms with E-state index in [1.54, 1.807) is 9.80 Å². The quantitative estimate of drug-likeness (QED) is 0.206. The molecule has 6 rings (SSSR count). The van der Waals surface area contributed by atoms with E-state index in [0.29, 0.717) is 51.9 Å². The summed E-state index contributed by atoms with van der Waals surface area (Å²) in [5.41, 5.74) is 14.7. The molecule has 0 atom stereocenters. The summed E-state index contributed by atoms with van der Waals surface area (Å²) in [6.07, 6.45) is 6.39. The van der Waals surface area contributed by atoms with Crippen molar-refractivity contribution < 1.29 is 46.8 Å². The highest BCUT2D eigenvalue weighted by Crippen LogP contribution is 2.20. The van der Waals surface area contributed by atoms with Gasteiger partial charge in [-0.2, -0.15) is 15.0 Å². The Bertz CT molecular complexity index is 1830. The van der Waals surface area contributed by atoms with Crippen LogP contribution in [0.5, 0.6) is 12.0 Å². The van der Waals surface area contributed by atoms with Crippen molar-refractivity contribution in [2.45, 2.75) is 110 Å². The highest BCUT2D eigenvalue weighted by molar-refractivity contribution is 6.28. The number of rotatable bonds is 4. The lowest BCUT2D eigenvalue weighted by Gasteiger charge is -2.33. The molecule has 25 heteroatoms. The molecule has 0 aromatic carbocycles. The van der Waals surface area contributed by atoms with E-state index in [1.165, 1.54) is 0 Å². The number of ether oxygens (including phenoxy) is 4. The van der Waals surface area contributed by atoms with Crippen molar-refractivity contribution >= 4 is 66.1 Å². The van der Waals surface area contributed by atoms with E-state index < -0.39 is 28.7 Å². The molecule has 3 aromatic heterocycles. The molecule has 19 nitrogen and oxygen atoms in total. The molecule has 0 spiro atoms. The van der Waals surface area contributed by atoms with Gasteiger partial charge in [0.1, 0.15) is 23.4 Å². The number of hydrogen-bond acceptors (Lipinski definition) is 17. The minimum absolute atomic E-state index is 0. The van der Waals surface area contributed by atoms with E-state index in [0.717, 1.165) is 44.5 Å². The molecule has 350 valence electrons. The largest absolute Gasteiger partial charge is 0.460 e. The van der Waals surface area contributed by atoms with Crippen LogP contribution in [0.4, 0.5) is 40.2 Å². The van der Waals surface area contributed by atoms with Crippen LogP contribution in [0.1, 0.15) is 80.1 Å². The number of nitrogens with one attached hydrogen (secondary N) is 1. The highest BCUT2D eigenvalue weighted by atomic mass is 35.5. The second-order valence-electron chi connectivity index (χ2n) is 15.7. The Kier molecular flexibility index (Phi) is 23.3. The topological polar surface area (TPSA) is 265 Å². The van der Waals surface area contributed by atoms with Crippen LogP contribution in [0.25, 0.3) is 0 Å². The van der Waals surface area contributed by atoms with Crippen molar-refractivity contribution in [3.8, 4) is 12.0 Å². The Labute approximate surface area is 376 Å². The maximum atomic E-state index is 13.0. The normalized spacial score (nSPS) is 15.9. The van der Waals surface area contributed by atoms with Crippen LogP contribution in [-0.4, -0.2) is 126 Å². The maximum Gasteiger partial charge on any atom is 0.410 e. The zero-order valence-electron chi connectivity index (χ0n) is 35.5. The van der Waals surface area contributed by atoms with Gasteiger partial charge in [0, 0.05) is 39.0 Å². The third-order valence-corrected chi connectivity index (χ3v) is 8.46. The number of aliphatic hydroxyl groups excluding tert-OH is 1. The summed E-state index contributed by atoms with van der Waals surface area (Å²) in [6, 6.07) is 0.204. The van der Waals surface area contributed by atoms with Crippen LogP contribution in [-0.2, 0) is 9.47 Å². The molecule has 3 aliphatic heterocycles. The predicted molar refractivity (Wildman–Crippen MR) is 230 cm³/mol. The monoisotopic (exact) mass is 944 g/mol. The van der Waals surface area contributed by atoms with E-state index in [9.17, 15) is 27.9 Å². The summed E-state index contributed by atoms with van der Waals surface area (Å²) in [4.78, 5) is 48.4. The van der Waals surface area contributed by atoms with Crippen molar-refractivity contribution in [1.29, 1.82) is 0 Å². The molecule has 3 aliphatic rings. The lowest BCUT2D eigenvalue weighted by molar-refractivity contribution is 0.00945. The molecular formula is C37H58Cl3F3N12O7. The van der Waals surface area contributed by atoms with Crippen molar-refractivity contribution in [3.63, 3.8) is 0 Å². The smallest absolute Gasteiger partial charge is 0.410 e. The van der Waals surface area contributed by atoms with Crippen LogP contribution in [0, 0.1) is 17.5 Å². The number of likely N-dealkylation sites (tertiary alicyclic amines) is 2. The lowest BCUT2D eigenvalue weighted by atomic mass is 10.1. The summed E-state index contributed by atoms with van der Waals surface area (Å²) in [5, 5.41) is 12.4. The Balaban J connectivity index is 0.000000427. The molecule has 3 saturated heterocycles. The molecule has 0 aliphatic carbocycles. The zero-order valence-corrected chi connectivity index (χ0v) is 37.9. The van der Waals surface area contributed by atoms with Gasteiger partial charge in [0.15, 0.2) is 34.9 Å². The Hall–Kier alpha value is -4.64. The first-order chi connectivity index (χ1) is 28.1. The van der Waals surface area contributed by atoms with Gasteiger partial charge in [-0.1, -0.05) is 0 Å². The molecule has 62 heavy (non-hydrogen) atoms. The first kappa shape index (κ1) is 55.4. The van der Waals surface area contributed by atoms with Crippen LogP contribution in [0.15, 0.2) is 18.6 Å². The second-order valence-corrected chi connectivity index (χ2v) is 16.0. The van der Waals surface area contributed by atoms with Gasteiger partial charge in [-0.15, -0.1) is 24.8 Å². The average Bonchev–Trinajstić information content (AvgIpc) is 3.17. The third kappa shape index (κ3) is 21.0. The fraction of sp³-hybridized carbons (Fsp3) is 0.622. The van der Waals surface area contributed by atoms with Gasteiger partial charge in [0.2, 0.25) is 5.28 Å². The van der Waals surface area contributed by atoms with Crippen molar-refractivity contribution in [2.24, 2.45) is 0 Å². The molecule has 0 saturated carbocycles. The summed E-state index contributed by atoms with van der Waals surface area (Å²) in [7, 11) is 0. The highest BCUT2D eigenvalue weighted by Gasteiger charge is 2.29. The van der Waals surface area contributed by atoms with Crippen LogP contribution in [0.3, 0.4) is 0 Å². The van der Waals surface area contributed by atoms with Crippen LogP contribution in [0.2, 0.25) is 5.28 Å². The maximum absolute atomic E-state index is 13.0. The molecule has 0 unspecified atom stereocenters. The molecule has 0 radical (unpaired) electrons. The third-order valence-electron chi connectivity index (χ3n) is 8.28. The standard InChI is InChI=1S/C14H21FN4O3.C10H19NO3.C9H13FN4O.C4H3ClFN3.2ClH/c1-14(2,3)22-13(20)19-6-4-9(5-7-19)21-12-17-8-10(15)11(16)18-12;1-10(2,3)14-9(13)11-6-4-8(12)5-7-11;10-7-5-13-9(14-8(7)11)15-6-1-3-12-4-2-6;5-4-8-1-2(6)3(7)9-4;;/h8-9H,4-7H2,1-3H3,(H2,16,17,18);8,12H,4-7H2,1-3H3;5-6,12H,1-4H2,(H2,11,13,14);1H,(H2,7,8,9);2*1H. The minimum atomic E-state index is -0.674. The Morgan fingerprint density at radius 1 is 0.661 bits per heavy atom. The van der Waals surface area contributed by atoms with Gasteiger partial charge in [0.05, 0.1) is 24.7 Å². The number of halogens is 6. The van der Waals surface area contributed by atoms with Gasteiger partial charge in [-0.05, 0) is 91.9 Å². The molecule has 6 heterocycles.